The molecule has 0 bridgehead atoms. The lowest BCUT2D eigenvalue weighted by atomic mass is 9.99. The zero-order valence-electron chi connectivity index (χ0n) is 19.9. The fourth-order valence-corrected chi connectivity index (χ4v) is 4.06. The van der Waals surface area contributed by atoms with E-state index in [2.05, 4.69) is 18.2 Å². The lowest BCUT2D eigenvalue weighted by Crippen LogP contribution is -2.37. The van der Waals surface area contributed by atoms with E-state index in [0.29, 0.717) is 17.7 Å². The molecular weight excluding hydrogens is 436 g/mol. The Kier molecular flexibility index (Phi) is 9.13. The van der Waals surface area contributed by atoms with Crippen molar-refractivity contribution in [2.24, 2.45) is 11.1 Å². The average Bonchev–Trinajstić information content (AvgIpc) is 2.78. The highest BCUT2D eigenvalue weighted by Crippen LogP contribution is 2.29. The molecule has 8 nitrogen and oxygen atoms in total. The molecule has 2 aliphatic heterocycles. The standard InChI is InChI=1S/C26H34N2O6/c1-18-8-6-10-19(2)34-26(32)25-20(15-22(29)16-23(25)30)14-21(11-7-9-18)27-33-17-24(31)28-12-4-3-5-13-28/h6-8,11,15-16,18-19,29-30H,3-5,9-10,12-14,17H2,1-2H3/b8-6+,11-7+,27-21-/t18?,19-/m1/s1. The van der Waals surface area contributed by atoms with Crippen LogP contribution in [0.1, 0.15) is 61.9 Å². The normalized spacial score (nSPS) is 25.1. The summed E-state index contributed by atoms with van der Waals surface area (Å²) in [5, 5.41) is 24.6. The number of carbonyl (C=O) groups is 2. The number of phenols is 2. The number of likely N-dealkylation sites (tertiary alicyclic amines) is 1. The molecule has 2 heterocycles. The van der Waals surface area contributed by atoms with Crippen molar-refractivity contribution in [2.75, 3.05) is 19.7 Å². The molecular formula is C26H34N2O6. The highest BCUT2D eigenvalue weighted by Gasteiger charge is 2.22. The molecule has 1 aromatic rings. The number of esters is 1. The largest absolute Gasteiger partial charge is 0.508 e. The number of phenolic OH excluding ortho intramolecular Hbond substituents is 2. The summed E-state index contributed by atoms with van der Waals surface area (Å²) >= 11 is 0. The lowest BCUT2D eigenvalue weighted by molar-refractivity contribution is -0.137. The third kappa shape index (κ3) is 7.37. The summed E-state index contributed by atoms with van der Waals surface area (Å²) in [7, 11) is 0. The van der Waals surface area contributed by atoms with Crippen molar-refractivity contribution in [1.82, 2.24) is 4.90 Å². The minimum atomic E-state index is -0.678. The molecule has 0 saturated carbocycles. The second-order valence-electron chi connectivity index (χ2n) is 8.97. The molecule has 1 amide bonds. The Morgan fingerprint density at radius 2 is 1.91 bits per heavy atom. The van der Waals surface area contributed by atoms with Gasteiger partial charge in [-0.05, 0) is 56.2 Å². The Balaban J connectivity index is 1.86. The van der Waals surface area contributed by atoms with Gasteiger partial charge in [0.1, 0.15) is 23.2 Å². The molecule has 1 fully saturated rings. The van der Waals surface area contributed by atoms with Gasteiger partial charge in [0.15, 0.2) is 6.61 Å². The Morgan fingerprint density at radius 1 is 1.15 bits per heavy atom. The molecule has 0 spiro atoms. The van der Waals surface area contributed by atoms with Crippen molar-refractivity contribution in [2.45, 2.75) is 58.5 Å². The molecule has 1 saturated heterocycles. The molecule has 1 aromatic carbocycles. The van der Waals surface area contributed by atoms with Crippen molar-refractivity contribution in [3.63, 3.8) is 0 Å². The fraction of sp³-hybridized carbons (Fsp3) is 0.500. The Bertz CT molecular complexity index is 962. The molecule has 3 rings (SSSR count). The van der Waals surface area contributed by atoms with Gasteiger partial charge in [-0.25, -0.2) is 4.79 Å². The summed E-state index contributed by atoms with van der Waals surface area (Å²) < 4.78 is 5.52. The number of rotatable bonds is 3. The SMILES string of the molecule is CC1/C=C/C[C@@H](C)OC(=O)c2c(O)cc(O)cc2CC(=N\OCC(=O)N2CCCCC2)/C=C/C1. The van der Waals surface area contributed by atoms with Crippen LogP contribution in [-0.4, -0.2) is 58.5 Å². The predicted octanol–water partition coefficient (Wildman–Crippen LogP) is 4.11. The number of hydrogen-bond acceptors (Lipinski definition) is 7. The van der Waals surface area contributed by atoms with Crippen molar-refractivity contribution < 1.29 is 29.4 Å². The fourth-order valence-electron chi connectivity index (χ4n) is 4.06. The van der Waals surface area contributed by atoms with Crippen LogP contribution in [0.3, 0.4) is 0 Å². The highest BCUT2D eigenvalue weighted by atomic mass is 16.6. The molecule has 2 N–H and O–H groups in total. The van der Waals surface area contributed by atoms with Crippen molar-refractivity contribution >= 4 is 17.6 Å². The Hall–Kier alpha value is -3.29. The Labute approximate surface area is 200 Å². The van der Waals surface area contributed by atoms with Gasteiger partial charge >= 0.3 is 5.97 Å². The van der Waals surface area contributed by atoms with E-state index in [0.717, 1.165) is 44.8 Å². The number of hydrogen-bond donors (Lipinski definition) is 2. The zero-order valence-corrected chi connectivity index (χ0v) is 19.9. The topological polar surface area (TPSA) is 109 Å². The van der Waals surface area contributed by atoms with E-state index >= 15 is 0 Å². The summed E-state index contributed by atoms with van der Waals surface area (Å²) in [6.45, 7) is 5.16. The highest BCUT2D eigenvalue weighted by molar-refractivity contribution is 6.00. The number of amides is 1. The van der Waals surface area contributed by atoms with Crippen LogP contribution in [0.2, 0.25) is 0 Å². The van der Waals surface area contributed by atoms with Gasteiger partial charge < -0.3 is 24.7 Å². The van der Waals surface area contributed by atoms with E-state index < -0.39 is 5.97 Å². The molecule has 0 radical (unpaired) electrons. The first-order chi connectivity index (χ1) is 16.3. The third-order valence-corrected chi connectivity index (χ3v) is 5.90. The predicted molar refractivity (Wildman–Crippen MR) is 129 cm³/mol. The van der Waals surface area contributed by atoms with Crippen LogP contribution in [0.5, 0.6) is 11.5 Å². The number of fused-ring (bicyclic) bond motifs is 1. The number of nitrogens with zero attached hydrogens (tertiary/aromatic N) is 2. The average molecular weight is 471 g/mol. The second kappa shape index (κ2) is 12.3. The number of aromatic hydroxyl groups is 2. The van der Waals surface area contributed by atoms with Crippen LogP contribution in [0, 0.1) is 5.92 Å². The van der Waals surface area contributed by atoms with E-state index in [9.17, 15) is 19.8 Å². The maximum Gasteiger partial charge on any atom is 0.342 e. The second-order valence-corrected chi connectivity index (χ2v) is 8.97. The van der Waals surface area contributed by atoms with Gasteiger partial charge in [-0.1, -0.05) is 30.3 Å². The molecule has 2 atom stereocenters. The van der Waals surface area contributed by atoms with Crippen molar-refractivity contribution in [3.05, 3.63) is 47.6 Å². The lowest BCUT2D eigenvalue weighted by Gasteiger charge is -2.26. The number of ether oxygens (including phenoxy) is 1. The first kappa shape index (κ1) is 25.3. The van der Waals surface area contributed by atoms with Gasteiger partial charge in [0, 0.05) is 32.0 Å². The van der Waals surface area contributed by atoms with E-state index in [1.165, 1.54) is 6.07 Å². The minimum Gasteiger partial charge on any atom is -0.508 e. The van der Waals surface area contributed by atoms with E-state index in [4.69, 9.17) is 9.57 Å². The van der Waals surface area contributed by atoms with Crippen LogP contribution in [0.4, 0.5) is 0 Å². The summed E-state index contributed by atoms with van der Waals surface area (Å²) in [6, 6.07) is 2.51. The molecule has 34 heavy (non-hydrogen) atoms. The first-order valence-corrected chi connectivity index (χ1v) is 11.9. The number of piperidine rings is 1. The van der Waals surface area contributed by atoms with Gasteiger partial charge in [-0.3, -0.25) is 4.79 Å². The monoisotopic (exact) mass is 470 g/mol. The molecule has 1 unspecified atom stereocenters. The molecule has 0 aliphatic carbocycles. The first-order valence-electron chi connectivity index (χ1n) is 11.9. The van der Waals surface area contributed by atoms with Gasteiger partial charge in [-0.15, -0.1) is 0 Å². The summed E-state index contributed by atoms with van der Waals surface area (Å²) in [5.41, 5.74) is 0.779. The smallest absolute Gasteiger partial charge is 0.342 e. The van der Waals surface area contributed by atoms with Gasteiger partial charge in [0.2, 0.25) is 0 Å². The van der Waals surface area contributed by atoms with Crippen LogP contribution in [0.25, 0.3) is 0 Å². The molecule has 184 valence electrons. The quantitative estimate of drug-likeness (QED) is 0.391. The Morgan fingerprint density at radius 3 is 2.68 bits per heavy atom. The number of benzene rings is 1. The van der Waals surface area contributed by atoms with E-state index in [-0.39, 0.29) is 48.0 Å². The van der Waals surface area contributed by atoms with E-state index in [1.54, 1.807) is 17.9 Å². The number of cyclic esters (lactones) is 1. The minimum absolute atomic E-state index is 0.0236. The third-order valence-electron chi connectivity index (χ3n) is 5.90. The van der Waals surface area contributed by atoms with E-state index in [1.807, 2.05) is 12.2 Å². The zero-order chi connectivity index (χ0) is 24.5. The van der Waals surface area contributed by atoms with Crippen LogP contribution in [0.15, 0.2) is 41.6 Å². The number of carbonyl (C=O) groups excluding carboxylic acids is 2. The molecule has 2 aliphatic rings. The summed E-state index contributed by atoms with van der Waals surface area (Å²) in [4.78, 5) is 32.4. The van der Waals surface area contributed by atoms with Gasteiger partial charge in [0.25, 0.3) is 5.91 Å². The summed E-state index contributed by atoms with van der Waals surface area (Å²) in [6.07, 6.45) is 11.9. The number of allylic oxidation sites excluding steroid dienone is 3. The maximum atomic E-state index is 12.8. The summed E-state index contributed by atoms with van der Waals surface area (Å²) in [5.74, 6) is -1.07. The molecule has 0 aromatic heterocycles. The van der Waals surface area contributed by atoms with Crippen LogP contribution >= 0.6 is 0 Å². The van der Waals surface area contributed by atoms with Crippen LogP contribution < -0.4 is 0 Å². The van der Waals surface area contributed by atoms with Gasteiger partial charge in [0.05, 0.1) is 5.71 Å². The molecule has 8 heteroatoms. The van der Waals surface area contributed by atoms with Crippen LogP contribution in [-0.2, 0) is 20.8 Å². The maximum absolute atomic E-state index is 12.8. The van der Waals surface area contributed by atoms with Gasteiger partial charge in [-0.2, -0.15) is 0 Å². The van der Waals surface area contributed by atoms with Crippen molar-refractivity contribution in [3.8, 4) is 11.5 Å². The number of oxime groups is 1. The van der Waals surface area contributed by atoms with Crippen molar-refractivity contribution in [1.29, 1.82) is 0 Å².